The van der Waals surface area contributed by atoms with Gasteiger partial charge in [-0.15, -0.1) is 0 Å². The molecule has 1 atom stereocenters. The van der Waals surface area contributed by atoms with Gasteiger partial charge in [-0.1, -0.05) is 58.0 Å². The van der Waals surface area contributed by atoms with Gasteiger partial charge < -0.3 is 14.2 Å². The standard InChI is InChI=1S/C18H18Cl5F3O3/c1-11(3-2-6-27-7-4-15(21)18(24,25)26)29-17-13(19)9-12(10-14(17)20)28-8-5-16(22)23/h4-5,9-11H,2-3,6-8H2,1H3/b15-4-. The summed E-state index contributed by atoms with van der Waals surface area (Å²) in [6.07, 6.45) is -1.44. The number of alkyl halides is 3. The van der Waals surface area contributed by atoms with Crippen LogP contribution in [0.5, 0.6) is 11.5 Å². The Kier molecular flexibility index (Phi) is 11.9. The average molecular weight is 517 g/mol. The summed E-state index contributed by atoms with van der Waals surface area (Å²) < 4.78 is 53.0. The fraction of sp³-hybridized carbons (Fsp3) is 0.444. The van der Waals surface area contributed by atoms with E-state index >= 15 is 0 Å². The van der Waals surface area contributed by atoms with Crippen LogP contribution in [0.1, 0.15) is 19.8 Å². The molecule has 0 fully saturated rings. The van der Waals surface area contributed by atoms with Gasteiger partial charge in [-0.05, 0) is 31.9 Å². The summed E-state index contributed by atoms with van der Waals surface area (Å²) >= 11 is 28.5. The first kappa shape index (κ1) is 26.5. The molecule has 0 amide bonds. The minimum atomic E-state index is -4.56. The zero-order valence-corrected chi connectivity index (χ0v) is 19.0. The molecule has 1 rings (SSSR count). The van der Waals surface area contributed by atoms with E-state index in [1.807, 2.05) is 6.92 Å². The topological polar surface area (TPSA) is 27.7 Å². The maximum Gasteiger partial charge on any atom is 0.426 e. The second-order valence-corrected chi connectivity index (χ2v) is 7.95. The number of hydrogen-bond donors (Lipinski definition) is 0. The molecule has 1 unspecified atom stereocenters. The van der Waals surface area contributed by atoms with Crippen LogP contribution < -0.4 is 9.47 Å². The van der Waals surface area contributed by atoms with E-state index in [4.69, 9.17) is 72.2 Å². The maximum absolute atomic E-state index is 12.2. The molecule has 0 saturated carbocycles. The molecule has 3 nitrogen and oxygen atoms in total. The second kappa shape index (κ2) is 13.0. The zero-order valence-electron chi connectivity index (χ0n) is 15.2. The minimum absolute atomic E-state index is 0.0828. The van der Waals surface area contributed by atoms with Crippen LogP contribution in [-0.4, -0.2) is 32.1 Å². The van der Waals surface area contributed by atoms with E-state index < -0.39 is 11.2 Å². The van der Waals surface area contributed by atoms with E-state index in [-0.39, 0.29) is 40.5 Å². The van der Waals surface area contributed by atoms with Crippen molar-refractivity contribution < 1.29 is 27.4 Å². The van der Waals surface area contributed by atoms with Crippen molar-refractivity contribution in [2.45, 2.75) is 32.0 Å². The highest BCUT2D eigenvalue weighted by molar-refractivity contribution is 6.55. The minimum Gasteiger partial charge on any atom is -0.489 e. The van der Waals surface area contributed by atoms with Gasteiger partial charge >= 0.3 is 6.18 Å². The highest BCUT2D eigenvalue weighted by Gasteiger charge is 2.31. The molecule has 0 radical (unpaired) electrons. The van der Waals surface area contributed by atoms with E-state index in [1.165, 1.54) is 6.08 Å². The fourth-order valence-electron chi connectivity index (χ4n) is 2.00. The quantitative estimate of drug-likeness (QED) is 0.280. The Morgan fingerprint density at radius 3 is 2.24 bits per heavy atom. The lowest BCUT2D eigenvalue weighted by molar-refractivity contribution is -0.0850. The molecule has 0 aromatic heterocycles. The number of hydrogen-bond acceptors (Lipinski definition) is 3. The van der Waals surface area contributed by atoms with Gasteiger partial charge in [-0.2, -0.15) is 13.2 Å². The van der Waals surface area contributed by atoms with Crippen LogP contribution in [0.3, 0.4) is 0 Å². The third kappa shape index (κ3) is 10.9. The van der Waals surface area contributed by atoms with Gasteiger partial charge in [-0.3, -0.25) is 0 Å². The molecule has 0 spiro atoms. The fourth-order valence-corrected chi connectivity index (χ4v) is 2.74. The van der Waals surface area contributed by atoms with Crippen LogP contribution in [0.4, 0.5) is 13.2 Å². The number of benzene rings is 1. The van der Waals surface area contributed by atoms with E-state index in [0.717, 1.165) is 6.08 Å². The molecule has 0 bridgehead atoms. The Morgan fingerprint density at radius 2 is 1.69 bits per heavy atom. The number of allylic oxidation sites excluding steroid dienone is 1. The van der Waals surface area contributed by atoms with Crippen molar-refractivity contribution in [3.05, 3.63) is 43.9 Å². The van der Waals surface area contributed by atoms with Gasteiger partial charge in [0.05, 0.1) is 22.8 Å². The summed E-state index contributed by atoms with van der Waals surface area (Å²) in [5.41, 5.74) is 0. The molecule has 164 valence electrons. The van der Waals surface area contributed by atoms with Crippen LogP contribution in [-0.2, 0) is 4.74 Å². The van der Waals surface area contributed by atoms with Gasteiger partial charge in [-0.25, -0.2) is 0 Å². The van der Waals surface area contributed by atoms with Gasteiger partial charge in [0.25, 0.3) is 0 Å². The van der Waals surface area contributed by atoms with E-state index in [9.17, 15) is 13.2 Å². The van der Waals surface area contributed by atoms with E-state index in [0.29, 0.717) is 24.3 Å². The van der Waals surface area contributed by atoms with Gasteiger partial charge in [0.1, 0.15) is 21.9 Å². The van der Waals surface area contributed by atoms with Crippen molar-refractivity contribution >= 4 is 58.0 Å². The molecule has 1 aromatic carbocycles. The van der Waals surface area contributed by atoms with E-state index in [2.05, 4.69) is 0 Å². The average Bonchev–Trinajstić information content (AvgIpc) is 2.59. The summed E-state index contributed by atoms with van der Waals surface area (Å²) in [4.78, 5) is 0. The van der Waals surface area contributed by atoms with Crippen molar-refractivity contribution in [2.24, 2.45) is 0 Å². The van der Waals surface area contributed by atoms with Gasteiger partial charge in [0.2, 0.25) is 0 Å². The Balaban J connectivity index is 2.44. The number of rotatable bonds is 11. The summed E-state index contributed by atoms with van der Waals surface area (Å²) in [7, 11) is 0. The van der Waals surface area contributed by atoms with Crippen molar-refractivity contribution in [1.29, 1.82) is 0 Å². The zero-order chi connectivity index (χ0) is 22.0. The normalized spacial score (nSPS) is 13.2. The van der Waals surface area contributed by atoms with Crippen molar-refractivity contribution in [1.82, 2.24) is 0 Å². The molecule has 0 aliphatic carbocycles. The lowest BCUT2D eigenvalue weighted by atomic mass is 10.2. The van der Waals surface area contributed by atoms with Crippen LogP contribution >= 0.6 is 58.0 Å². The molecule has 0 N–H and O–H groups in total. The smallest absolute Gasteiger partial charge is 0.426 e. The van der Waals surface area contributed by atoms with Gasteiger partial charge in [0, 0.05) is 18.7 Å². The van der Waals surface area contributed by atoms with Crippen LogP contribution in [0.2, 0.25) is 10.0 Å². The number of ether oxygens (including phenoxy) is 3. The largest absolute Gasteiger partial charge is 0.489 e. The molecule has 29 heavy (non-hydrogen) atoms. The van der Waals surface area contributed by atoms with Crippen molar-refractivity contribution in [3.8, 4) is 11.5 Å². The summed E-state index contributed by atoms with van der Waals surface area (Å²) in [5.74, 6) is 0.727. The predicted molar refractivity (Wildman–Crippen MR) is 112 cm³/mol. The van der Waals surface area contributed by atoms with E-state index in [1.54, 1.807) is 12.1 Å². The lowest BCUT2D eigenvalue weighted by Gasteiger charge is -2.17. The lowest BCUT2D eigenvalue weighted by Crippen LogP contribution is -2.13. The molecular formula is C18H18Cl5F3O3. The first-order valence-electron chi connectivity index (χ1n) is 8.31. The van der Waals surface area contributed by atoms with Crippen LogP contribution in [0.15, 0.2) is 33.8 Å². The first-order chi connectivity index (χ1) is 13.5. The Labute approximate surface area is 192 Å². The highest BCUT2D eigenvalue weighted by Crippen LogP contribution is 2.38. The molecule has 0 aliphatic rings. The SMILES string of the molecule is CC(CCCOC/C=C(\Cl)C(F)(F)F)Oc1c(Cl)cc(OCC=C(Cl)Cl)cc1Cl. The van der Waals surface area contributed by atoms with Crippen LogP contribution in [0.25, 0.3) is 0 Å². The summed E-state index contributed by atoms with van der Waals surface area (Å²) in [6, 6.07) is 3.09. The third-order valence-corrected chi connectivity index (χ3v) is 4.57. The predicted octanol–water partition coefficient (Wildman–Crippen LogP) is 7.94. The summed E-state index contributed by atoms with van der Waals surface area (Å²) in [5, 5.41) is -0.667. The molecule has 0 aliphatic heterocycles. The van der Waals surface area contributed by atoms with Crippen LogP contribution in [0, 0.1) is 0 Å². The van der Waals surface area contributed by atoms with Gasteiger partial charge in [0.15, 0.2) is 5.75 Å². The third-order valence-electron chi connectivity index (χ3n) is 3.33. The summed E-state index contributed by atoms with van der Waals surface area (Å²) in [6.45, 7) is 1.98. The highest BCUT2D eigenvalue weighted by atomic mass is 35.5. The van der Waals surface area contributed by atoms with Crippen molar-refractivity contribution in [2.75, 3.05) is 19.8 Å². The second-order valence-electron chi connectivity index (χ2n) is 5.72. The monoisotopic (exact) mass is 514 g/mol. The molecule has 11 heteroatoms. The Hall–Kier alpha value is -0.500. The Morgan fingerprint density at radius 1 is 1.07 bits per heavy atom. The number of halogens is 8. The van der Waals surface area contributed by atoms with Crippen molar-refractivity contribution in [3.63, 3.8) is 0 Å². The molecule has 1 aromatic rings. The maximum atomic E-state index is 12.2. The molecule has 0 heterocycles. The first-order valence-corrected chi connectivity index (χ1v) is 10.2. The molecule has 0 saturated heterocycles. The Bertz CT molecular complexity index is 696. The molecular weight excluding hydrogens is 498 g/mol.